The van der Waals surface area contributed by atoms with Gasteiger partial charge in [-0.1, -0.05) is 40.5 Å². The highest BCUT2D eigenvalue weighted by Gasteiger charge is 2.06. The average Bonchev–Trinajstić information content (AvgIpc) is 2.45. The van der Waals surface area contributed by atoms with Crippen LogP contribution in [0.3, 0.4) is 0 Å². The van der Waals surface area contributed by atoms with E-state index in [9.17, 15) is 0 Å². The van der Waals surface area contributed by atoms with Crippen molar-refractivity contribution in [1.29, 1.82) is 0 Å². The summed E-state index contributed by atoms with van der Waals surface area (Å²) in [7, 11) is 0. The van der Waals surface area contributed by atoms with Crippen LogP contribution in [0, 0.1) is 6.92 Å². The molecule has 0 saturated carbocycles. The fraction of sp³-hybridized carbons (Fsp3) is 0.294. The van der Waals surface area contributed by atoms with Gasteiger partial charge in [0.2, 0.25) is 0 Å². The Morgan fingerprint density at radius 2 is 2.00 bits per heavy atom. The number of hydrogen-bond acceptors (Lipinski definition) is 2. The summed E-state index contributed by atoms with van der Waals surface area (Å²) < 4.78 is 6.81. The summed E-state index contributed by atoms with van der Waals surface area (Å²) in [6, 6.07) is 11.7. The Balaban J connectivity index is 2.11. The maximum atomic E-state index is 6.15. The third-order valence-corrected chi connectivity index (χ3v) is 3.98. The minimum atomic E-state index is 0.601. The molecule has 0 unspecified atom stereocenters. The van der Waals surface area contributed by atoms with Gasteiger partial charge in [0.25, 0.3) is 0 Å². The van der Waals surface area contributed by atoms with Crippen LogP contribution in [0.5, 0.6) is 11.5 Å². The van der Waals surface area contributed by atoms with Gasteiger partial charge in [-0.15, -0.1) is 0 Å². The minimum Gasteiger partial charge on any atom is -0.456 e. The van der Waals surface area contributed by atoms with Crippen LogP contribution in [-0.4, -0.2) is 6.54 Å². The van der Waals surface area contributed by atoms with Gasteiger partial charge < -0.3 is 10.1 Å². The van der Waals surface area contributed by atoms with Crippen molar-refractivity contribution >= 4 is 27.5 Å². The first-order valence-corrected chi connectivity index (χ1v) is 8.20. The molecule has 2 rings (SSSR count). The Kier molecular flexibility index (Phi) is 6.09. The van der Waals surface area contributed by atoms with E-state index in [1.807, 2.05) is 30.3 Å². The fourth-order valence-corrected chi connectivity index (χ4v) is 2.51. The van der Waals surface area contributed by atoms with Crippen LogP contribution in [0.1, 0.15) is 24.5 Å². The Labute approximate surface area is 139 Å². The highest BCUT2D eigenvalue weighted by atomic mass is 79.9. The van der Waals surface area contributed by atoms with Crippen LogP contribution in [0.25, 0.3) is 0 Å². The van der Waals surface area contributed by atoms with Gasteiger partial charge in [0, 0.05) is 11.0 Å². The molecule has 0 aliphatic heterocycles. The Morgan fingerprint density at radius 3 is 2.71 bits per heavy atom. The summed E-state index contributed by atoms with van der Waals surface area (Å²) in [6.45, 7) is 6.18. The minimum absolute atomic E-state index is 0.601. The lowest BCUT2D eigenvalue weighted by Crippen LogP contribution is -2.14. The molecule has 0 aromatic heterocycles. The molecule has 0 spiro atoms. The first-order chi connectivity index (χ1) is 10.1. The summed E-state index contributed by atoms with van der Waals surface area (Å²) >= 11 is 9.57. The van der Waals surface area contributed by atoms with E-state index < -0.39 is 0 Å². The van der Waals surface area contributed by atoms with Crippen LogP contribution >= 0.6 is 27.5 Å². The van der Waals surface area contributed by atoms with Crippen LogP contribution in [-0.2, 0) is 6.54 Å². The lowest BCUT2D eigenvalue weighted by Gasteiger charge is -2.12. The standard InChI is InChI=1S/C17H19BrClNO/c1-3-8-20-11-13-4-6-15(9-12(13)2)21-17-10-14(18)5-7-16(17)19/h4-7,9-10,20H,3,8,11H2,1-2H3. The van der Waals surface area contributed by atoms with Crippen molar-refractivity contribution in [3.8, 4) is 11.5 Å². The largest absolute Gasteiger partial charge is 0.456 e. The zero-order valence-corrected chi connectivity index (χ0v) is 14.6. The van der Waals surface area contributed by atoms with Gasteiger partial charge in [-0.3, -0.25) is 0 Å². The Morgan fingerprint density at radius 1 is 1.19 bits per heavy atom. The van der Waals surface area contributed by atoms with Crippen LogP contribution in [0.15, 0.2) is 40.9 Å². The van der Waals surface area contributed by atoms with Gasteiger partial charge in [0.1, 0.15) is 11.5 Å². The average molecular weight is 369 g/mol. The van der Waals surface area contributed by atoms with E-state index in [1.54, 1.807) is 0 Å². The molecular formula is C17H19BrClNO. The third-order valence-electron chi connectivity index (χ3n) is 3.18. The second-order valence-electron chi connectivity index (χ2n) is 4.94. The molecule has 4 heteroatoms. The molecule has 2 nitrogen and oxygen atoms in total. The lowest BCUT2D eigenvalue weighted by atomic mass is 10.1. The normalized spacial score (nSPS) is 10.7. The first-order valence-electron chi connectivity index (χ1n) is 7.03. The number of ether oxygens (including phenoxy) is 1. The topological polar surface area (TPSA) is 21.3 Å². The van der Waals surface area contributed by atoms with Gasteiger partial charge >= 0.3 is 0 Å². The molecule has 0 saturated heterocycles. The predicted octanol–water partition coefficient (Wildman–Crippen LogP) is 5.70. The van der Waals surface area contributed by atoms with E-state index in [0.717, 1.165) is 29.7 Å². The zero-order valence-electron chi connectivity index (χ0n) is 12.2. The second-order valence-corrected chi connectivity index (χ2v) is 6.26. The van der Waals surface area contributed by atoms with Crippen molar-refractivity contribution in [3.05, 3.63) is 57.0 Å². The molecular weight excluding hydrogens is 350 g/mol. The molecule has 0 aliphatic carbocycles. The smallest absolute Gasteiger partial charge is 0.147 e. The Hall–Kier alpha value is -1.03. The number of hydrogen-bond donors (Lipinski definition) is 1. The van der Waals surface area contributed by atoms with Gasteiger partial charge in [-0.25, -0.2) is 0 Å². The van der Waals surface area contributed by atoms with Crippen LogP contribution in [0.4, 0.5) is 0 Å². The number of nitrogens with one attached hydrogen (secondary N) is 1. The molecule has 2 aromatic rings. The Bertz CT molecular complexity index is 616. The zero-order chi connectivity index (χ0) is 15.2. The molecule has 0 aliphatic rings. The van der Waals surface area contributed by atoms with Crippen molar-refractivity contribution < 1.29 is 4.74 Å². The number of halogens is 2. The second kappa shape index (κ2) is 7.83. The summed E-state index contributed by atoms with van der Waals surface area (Å²) in [4.78, 5) is 0. The molecule has 21 heavy (non-hydrogen) atoms. The molecule has 2 aromatic carbocycles. The molecule has 0 atom stereocenters. The molecule has 0 fully saturated rings. The first kappa shape index (κ1) is 16.3. The van der Waals surface area contributed by atoms with Crippen molar-refractivity contribution in [2.24, 2.45) is 0 Å². The molecule has 0 bridgehead atoms. The van der Waals surface area contributed by atoms with E-state index in [0.29, 0.717) is 10.8 Å². The summed E-state index contributed by atoms with van der Waals surface area (Å²) in [6.07, 6.45) is 1.14. The molecule has 0 heterocycles. The SMILES string of the molecule is CCCNCc1ccc(Oc2cc(Br)ccc2Cl)cc1C. The van der Waals surface area contributed by atoms with Crippen LogP contribution < -0.4 is 10.1 Å². The number of aryl methyl sites for hydroxylation is 1. The van der Waals surface area contributed by atoms with E-state index in [2.05, 4.69) is 41.2 Å². The highest BCUT2D eigenvalue weighted by Crippen LogP contribution is 2.32. The van der Waals surface area contributed by atoms with Gasteiger partial charge in [-0.05, 0) is 61.3 Å². The predicted molar refractivity (Wildman–Crippen MR) is 92.4 cm³/mol. The number of benzene rings is 2. The molecule has 112 valence electrons. The monoisotopic (exact) mass is 367 g/mol. The third kappa shape index (κ3) is 4.73. The van der Waals surface area contributed by atoms with Crippen LogP contribution in [0.2, 0.25) is 5.02 Å². The summed E-state index contributed by atoms with van der Waals surface area (Å²) in [5.41, 5.74) is 2.50. The van der Waals surface area contributed by atoms with Crippen molar-refractivity contribution in [2.45, 2.75) is 26.8 Å². The van der Waals surface area contributed by atoms with Crippen molar-refractivity contribution in [1.82, 2.24) is 5.32 Å². The van der Waals surface area contributed by atoms with E-state index >= 15 is 0 Å². The van der Waals surface area contributed by atoms with Gasteiger partial charge in [-0.2, -0.15) is 0 Å². The van der Waals surface area contributed by atoms with E-state index in [4.69, 9.17) is 16.3 Å². The van der Waals surface area contributed by atoms with E-state index in [-0.39, 0.29) is 0 Å². The molecule has 0 radical (unpaired) electrons. The quantitative estimate of drug-likeness (QED) is 0.660. The maximum absolute atomic E-state index is 6.15. The van der Waals surface area contributed by atoms with E-state index in [1.165, 1.54) is 11.1 Å². The number of rotatable bonds is 6. The maximum Gasteiger partial charge on any atom is 0.147 e. The molecule has 0 amide bonds. The van der Waals surface area contributed by atoms with Gasteiger partial charge in [0.05, 0.1) is 5.02 Å². The van der Waals surface area contributed by atoms with Crippen molar-refractivity contribution in [3.63, 3.8) is 0 Å². The van der Waals surface area contributed by atoms with Crippen molar-refractivity contribution in [2.75, 3.05) is 6.54 Å². The summed E-state index contributed by atoms with van der Waals surface area (Å²) in [5, 5.41) is 4.01. The lowest BCUT2D eigenvalue weighted by molar-refractivity contribution is 0.481. The molecule has 1 N–H and O–H groups in total. The summed E-state index contributed by atoms with van der Waals surface area (Å²) in [5.74, 6) is 1.45. The van der Waals surface area contributed by atoms with Gasteiger partial charge in [0.15, 0.2) is 0 Å². The highest BCUT2D eigenvalue weighted by molar-refractivity contribution is 9.10. The fourth-order valence-electron chi connectivity index (χ4n) is 2.01.